The maximum Gasteiger partial charge on any atom is 0.276 e. The van der Waals surface area contributed by atoms with Crippen LogP contribution in [0.5, 0.6) is 0 Å². The Balaban J connectivity index is 1.56. The van der Waals surface area contributed by atoms with Crippen molar-refractivity contribution in [3.8, 4) is 0 Å². The van der Waals surface area contributed by atoms with Gasteiger partial charge in [0.05, 0.1) is 16.2 Å². The third kappa shape index (κ3) is 3.58. The third-order valence-electron chi connectivity index (χ3n) is 5.77. The van der Waals surface area contributed by atoms with Gasteiger partial charge in [0, 0.05) is 17.5 Å². The van der Waals surface area contributed by atoms with Crippen LogP contribution in [0.15, 0.2) is 65.8 Å². The number of benzene rings is 2. The van der Waals surface area contributed by atoms with Gasteiger partial charge in [-0.15, -0.1) is 0 Å². The second kappa shape index (κ2) is 7.38. The number of nitrogens with zero attached hydrogens (tertiary/aromatic N) is 2. The van der Waals surface area contributed by atoms with E-state index in [1.54, 1.807) is 30.4 Å². The number of allylic oxidation sites excluding steroid dienone is 1. The maximum atomic E-state index is 12.4. The van der Waals surface area contributed by atoms with Gasteiger partial charge in [0.25, 0.3) is 5.69 Å². The van der Waals surface area contributed by atoms with Crippen molar-refractivity contribution in [3.63, 3.8) is 0 Å². The lowest BCUT2D eigenvalue weighted by molar-refractivity contribution is -0.385. The SMILES string of the molecule is O=C(NN=C(/C=C/c1ccccc1[N+](=O)[O-])c1ccccc1)[C@H]1CC12CCC2. The van der Waals surface area contributed by atoms with Crippen LogP contribution >= 0.6 is 0 Å². The van der Waals surface area contributed by atoms with Gasteiger partial charge in [-0.2, -0.15) is 5.10 Å². The molecule has 0 saturated heterocycles. The molecule has 1 N–H and O–H groups in total. The first-order chi connectivity index (χ1) is 13.6. The van der Waals surface area contributed by atoms with Gasteiger partial charge in [-0.25, -0.2) is 5.43 Å². The van der Waals surface area contributed by atoms with Crippen LogP contribution in [0, 0.1) is 21.4 Å². The van der Waals surface area contributed by atoms with Crippen molar-refractivity contribution in [2.75, 3.05) is 0 Å². The minimum absolute atomic E-state index is 0.0279. The summed E-state index contributed by atoms with van der Waals surface area (Å²) in [7, 11) is 0. The molecule has 2 saturated carbocycles. The topological polar surface area (TPSA) is 84.6 Å². The molecular weight excluding hydrogens is 354 g/mol. The molecule has 0 radical (unpaired) electrons. The van der Waals surface area contributed by atoms with Crippen molar-refractivity contribution in [3.05, 3.63) is 81.9 Å². The van der Waals surface area contributed by atoms with E-state index < -0.39 is 4.92 Å². The fraction of sp³-hybridized carbons (Fsp3) is 0.273. The van der Waals surface area contributed by atoms with E-state index in [1.807, 2.05) is 30.3 Å². The van der Waals surface area contributed by atoms with Crippen LogP contribution in [0.4, 0.5) is 5.69 Å². The molecular formula is C22H21N3O3. The van der Waals surface area contributed by atoms with Gasteiger partial charge < -0.3 is 0 Å². The Morgan fingerprint density at radius 2 is 1.86 bits per heavy atom. The quantitative estimate of drug-likeness (QED) is 0.464. The Morgan fingerprint density at radius 3 is 2.50 bits per heavy atom. The molecule has 0 unspecified atom stereocenters. The summed E-state index contributed by atoms with van der Waals surface area (Å²) in [6.07, 6.45) is 7.79. The summed E-state index contributed by atoms with van der Waals surface area (Å²) >= 11 is 0. The molecule has 6 heteroatoms. The summed E-state index contributed by atoms with van der Waals surface area (Å²) in [5.41, 5.74) is 4.84. The second-order valence-corrected chi connectivity index (χ2v) is 7.46. The normalized spacial score (nSPS) is 20.0. The van der Waals surface area contributed by atoms with Crippen molar-refractivity contribution in [2.24, 2.45) is 16.4 Å². The van der Waals surface area contributed by atoms with Crippen molar-refractivity contribution in [1.82, 2.24) is 5.43 Å². The highest BCUT2D eigenvalue weighted by molar-refractivity contribution is 6.11. The number of hydrogen-bond acceptors (Lipinski definition) is 4. The number of hydrogen-bond donors (Lipinski definition) is 1. The molecule has 2 fully saturated rings. The fourth-order valence-corrected chi connectivity index (χ4v) is 3.87. The lowest BCUT2D eigenvalue weighted by Gasteiger charge is -2.25. The van der Waals surface area contributed by atoms with E-state index in [-0.39, 0.29) is 22.9 Å². The molecule has 0 bridgehead atoms. The van der Waals surface area contributed by atoms with Crippen molar-refractivity contribution in [2.45, 2.75) is 25.7 Å². The molecule has 2 aromatic rings. The molecule has 1 spiro atoms. The van der Waals surface area contributed by atoms with Crippen LogP contribution in [-0.4, -0.2) is 16.5 Å². The number of nitro groups is 1. The first-order valence-corrected chi connectivity index (χ1v) is 9.44. The molecule has 0 aromatic heterocycles. The van der Waals surface area contributed by atoms with Crippen LogP contribution in [0.2, 0.25) is 0 Å². The number of nitro benzene ring substituents is 1. The third-order valence-corrected chi connectivity index (χ3v) is 5.77. The van der Waals surface area contributed by atoms with E-state index in [4.69, 9.17) is 0 Å². The van der Waals surface area contributed by atoms with Gasteiger partial charge in [-0.05, 0) is 42.9 Å². The number of amides is 1. The average Bonchev–Trinajstić information content (AvgIpc) is 3.45. The predicted octanol–water partition coefficient (Wildman–Crippen LogP) is 4.32. The summed E-state index contributed by atoms with van der Waals surface area (Å²) in [6.45, 7) is 0. The number of nitrogens with one attached hydrogen (secondary N) is 1. The standard InChI is InChI=1S/C22H21N3O3/c26-21(18-15-22(18)13-6-14-22)24-23-19(16-7-2-1-3-8-16)12-11-17-9-4-5-10-20(17)25(27)28/h1-5,7-12,18H,6,13-15H2,(H,24,26)/b12-11+,23-19?/t18-/m1/s1. The molecule has 0 aliphatic heterocycles. The zero-order valence-corrected chi connectivity index (χ0v) is 15.4. The minimum atomic E-state index is -0.411. The number of carbonyl (C=O) groups excluding carboxylic acids is 1. The Kier molecular flexibility index (Phi) is 4.77. The zero-order chi connectivity index (χ0) is 19.6. The molecule has 2 aliphatic rings. The van der Waals surface area contributed by atoms with E-state index in [9.17, 15) is 14.9 Å². The van der Waals surface area contributed by atoms with Crippen molar-refractivity contribution >= 4 is 23.4 Å². The van der Waals surface area contributed by atoms with E-state index >= 15 is 0 Å². The molecule has 4 rings (SSSR count). The minimum Gasteiger partial charge on any atom is -0.273 e. The second-order valence-electron chi connectivity index (χ2n) is 7.46. The summed E-state index contributed by atoms with van der Waals surface area (Å²) < 4.78 is 0. The number of carbonyl (C=O) groups is 1. The highest BCUT2D eigenvalue weighted by atomic mass is 16.6. The summed E-state index contributed by atoms with van der Waals surface area (Å²) in [4.78, 5) is 23.2. The highest BCUT2D eigenvalue weighted by Crippen LogP contribution is 2.65. The Hall–Kier alpha value is -3.28. The van der Waals surface area contributed by atoms with Crippen molar-refractivity contribution < 1.29 is 9.72 Å². The molecule has 0 heterocycles. The van der Waals surface area contributed by atoms with E-state index in [0.29, 0.717) is 11.3 Å². The highest BCUT2D eigenvalue weighted by Gasteiger charge is 2.60. The number of hydrazone groups is 1. The molecule has 28 heavy (non-hydrogen) atoms. The van der Waals surface area contributed by atoms with Gasteiger partial charge >= 0.3 is 0 Å². The molecule has 1 amide bonds. The number of rotatable bonds is 6. The summed E-state index contributed by atoms with van der Waals surface area (Å²) in [6, 6.07) is 16.0. The monoisotopic (exact) mass is 375 g/mol. The van der Waals surface area contributed by atoms with E-state index in [2.05, 4.69) is 10.5 Å². The maximum absolute atomic E-state index is 12.4. The van der Waals surface area contributed by atoms with Crippen molar-refractivity contribution in [1.29, 1.82) is 0 Å². The van der Waals surface area contributed by atoms with Crippen LogP contribution < -0.4 is 5.43 Å². The average molecular weight is 375 g/mol. The summed E-state index contributed by atoms with van der Waals surface area (Å²) in [5.74, 6) is 0.0356. The first kappa shape index (κ1) is 18.1. The van der Waals surface area contributed by atoms with Gasteiger partial charge in [0.15, 0.2) is 0 Å². The first-order valence-electron chi connectivity index (χ1n) is 9.44. The van der Waals surface area contributed by atoms with Crippen LogP contribution in [0.25, 0.3) is 6.08 Å². The largest absolute Gasteiger partial charge is 0.276 e. The van der Waals surface area contributed by atoms with Gasteiger partial charge in [0.2, 0.25) is 5.91 Å². The molecule has 2 aromatic carbocycles. The lowest BCUT2D eigenvalue weighted by atomic mass is 9.80. The Bertz CT molecular complexity index is 962. The van der Waals surface area contributed by atoms with Gasteiger partial charge in [0.1, 0.15) is 0 Å². The molecule has 1 atom stereocenters. The van der Waals surface area contributed by atoms with Crippen LogP contribution in [-0.2, 0) is 4.79 Å². The fourth-order valence-electron chi connectivity index (χ4n) is 3.87. The van der Waals surface area contributed by atoms with E-state index in [0.717, 1.165) is 24.8 Å². The summed E-state index contributed by atoms with van der Waals surface area (Å²) in [5, 5.41) is 15.5. The molecule has 142 valence electrons. The van der Waals surface area contributed by atoms with Crippen LogP contribution in [0.1, 0.15) is 36.8 Å². The van der Waals surface area contributed by atoms with Gasteiger partial charge in [-0.3, -0.25) is 14.9 Å². The molecule has 6 nitrogen and oxygen atoms in total. The van der Waals surface area contributed by atoms with Gasteiger partial charge in [-0.1, -0.05) is 48.9 Å². The smallest absolute Gasteiger partial charge is 0.273 e. The van der Waals surface area contributed by atoms with Crippen LogP contribution in [0.3, 0.4) is 0 Å². The van der Waals surface area contributed by atoms with E-state index in [1.165, 1.54) is 12.5 Å². The lowest BCUT2D eigenvalue weighted by Crippen LogP contribution is -2.27. The molecule has 2 aliphatic carbocycles. The number of para-hydroxylation sites is 1. The predicted molar refractivity (Wildman–Crippen MR) is 108 cm³/mol. The Morgan fingerprint density at radius 1 is 1.14 bits per heavy atom. The zero-order valence-electron chi connectivity index (χ0n) is 15.4. The Labute approximate surface area is 163 Å².